The first-order valence-electron chi connectivity index (χ1n) is 9.38. The van der Waals surface area contributed by atoms with E-state index >= 15 is 0 Å². The number of aryl methyl sites for hydroxylation is 1. The van der Waals surface area contributed by atoms with Gasteiger partial charge in [-0.05, 0) is 55.9 Å². The standard InChI is InChI=1S/C20H29N3O2.ClH/c1-13(2)10-19(24)22-18-7-4-15(11-14(18)3)20(25)23-9-8-16-5-6-17(12-23)21-16;/h4,7,11,13,16-17,21H,5-6,8-10,12H2,1-3H3,(H,22,24);1H. The lowest BCUT2D eigenvalue weighted by molar-refractivity contribution is -0.116. The van der Waals surface area contributed by atoms with E-state index < -0.39 is 0 Å². The normalized spacial score (nSPS) is 21.9. The average Bonchev–Trinajstić information content (AvgIpc) is 2.87. The zero-order valence-electron chi connectivity index (χ0n) is 15.9. The molecule has 0 aromatic heterocycles. The number of anilines is 1. The topological polar surface area (TPSA) is 61.4 Å². The molecule has 2 unspecified atom stereocenters. The molecule has 2 heterocycles. The van der Waals surface area contributed by atoms with Crippen molar-refractivity contribution in [2.75, 3.05) is 18.4 Å². The van der Waals surface area contributed by atoms with Crippen LogP contribution in [0.3, 0.4) is 0 Å². The van der Waals surface area contributed by atoms with E-state index in [9.17, 15) is 9.59 Å². The van der Waals surface area contributed by atoms with Gasteiger partial charge in [-0.25, -0.2) is 0 Å². The molecular weight excluding hydrogens is 350 g/mol. The molecule has 3 rings (SSSR count). The van der Waals surface area contributed by atoms with Crippen molar-refractivity contribution in [1.82, 2.24) is 10.2 Å². The van der Waals surface area contributed by atoms with Crippen LogP contribution < -0.4 is 10.6 Å². The first-order valence-corrected chi connectivity index (χ1v) is 9.38. The Labute approximate surface area is 162 Å². The highest BCUT2D eigenvalue weighted by Gasteiger charge is 2.31. The molecular formula is C20H30ClN3O2. The Kier molecular flexibility index (Phi) is 7.07. The lowest BCUT2D eigenvalue weighted by atomic mass is 10.1. The largest absolute Gasteiger partial charge is 0.337 e. The summed E-state index contributed by atoms with van der Waals surface area (Å²) in [4.78, 5) is 26.8. The number of nitrogens with one attached hydrogen (secondary N) is 2. The van der Waals surface area contributed by atoms with Crippen LogP contribution >= 0.6 is 12.4 Å². The number of nitrogens with zero attached hydrogens (tertiary/aromatic N) is 1. The number of carbonyl (C=O) groups is 2. The fourth-order valence-corrected chi connectivity index (χ4v) is 3.82. The first-order chi connectivity index (χ1) is 11.9. The number of amides is 2. The van der Waals surface area contributed by atoms with E-state index in [1.54, 1.807) is 0 Å². The maximum absolute atomic E-state index is 12.9. The van der Waals surface area contributed by atoms with Gasteiger partial charge in [-0.1, -0.05) is 13.8 Å². The SMILES string of the molecule is Cc1cc(C(=O)N2CCC3CCC(C2)N3)ccc1NC(=O)CC(C)C.Cl. The number of rotatable bonds is 4. The third-order valence-electron chi connectivity index (χ3n) is 5.15. The van der Waals surface area contributed by atoms with Crippen LogP contribution in [-0.2, 0) is 4.79 Å². The van der Waals surface area contributed by atoms with E-state index in [2.05, 4.69) is 10.6 Å². The summed E-state index contributed by atoms with van der Waals surface area (Å²) in [5, 5.41) is 6.55. The van der Waals surface area contributed by atoms with Crippen LogP contribution in [0.2, 0.25) is 0 Å². The van der Waals surface area contributed by atoms with Crippen LogP contribution in [0.4, 0.5) is 5.69 Å². The molecule has 2 bridgehead atoms. The van der Waals surface area contributed by atoms with Gasteiger partial charge >= 0.3 is 0 Å². The smallest absolute Gasteiger partial charge is 0.253 e. The Morgan fingerprint density at radius 1 is 1.23 bits per heavy atom. The number of halogens is 1. The average molecular weight is 380 g/mol. The maximum Gasteiger partial charge on any atom is 0.253 e. The van der Waals surface area contributed by atoms with Crippen molar-refractivity contribution < 1.29 is 9.59 Å². The molecule has 1 aromatic rings. The van der Waals surface area contributed by atoms with Crippen LogP contribution in [0.1, 0.15) is 55.5 Å². The van der Waals surface area contributed by atoms with Crippen LogP contribution in [0.5, 0.6) is 0 Å². The molecule has 2 amide bonds. The van der Waals surface area contributed by atoms with Gasteiger partial charge in [-0.15, -0.1) is 12.4 Å². The Hall–Kier alpha value is -1.59. The van der Waals surface area contributed by atoms with Crippen molar-refractivity contribution in [1.29, 1.82) is 0 Å². The third-order valence-corrected chi connectivity index (χ3v) is 5.15. The molecule has 2 aliphatic rings. The van der Waals surface area contributed by atoms with Gasteiger partial charge in [0.25, 0.3) is 5.91 Å². The van der Waals surface area contributed by atoms with Gasteiger partial charge in [0.1, 0.15) is 0 Å². The molecule has 0 radical (unpaired) electrons. The highest BCUT2D eigenvalue weighted by Crippen LogP contribution is 2.23. The predicted octanol–water partition coefficient (Wildman–Crippen LogP) is 3.37. The summed E-state index contributed by atoms with van der Waals surface area (Å²) in [7, 11) is 0. The van der Waals surface area contributed by atoms with Gasteiger partial charge in [0.15, 0.2) is 0 Å². The number of likely N-dealkylation sites (tertiary alicyclic amines) is 1. The molecule has 1 aromatic carbocycles. The highest BCUT2D eigenvalue weighted by molar-refractivity contribution is 5.96. The van der Waals surface area contributed by atoms with E-state index in [-0.39, 0.29) is 24.2 Å². The molecule has 6 heteroatoms. The fraction of sp³-hybridized carbons (Fsp3) is 0.600. The molecule has 2 fully saturated rings. The van der Waals surface area contributed by atoms with Crippen LogP contribution in [0, 0.1) is 12.8 Å². The number of benzene rings is 1. The van der Waals surface area contributed by atoms with E-state index in [1.165, 1.54) is 6.42 Å². The zero-order valence-corrected chi connectivity index (χ0v) is 16.7. The molecule has 5 nitrogen and oxygen atoms in total. The Morgan fingerprint density at radius 3 is 2.65 bits per heavy atom. The number of carbonyl (C=O) groups excluding carboxylic acids is 2. The fourth-order valence-electron chi connectivity index (χ4n) is 3.82. The van der Waals surface area contributed by atoms with Crippen molar-refractivity contribution in [3.8, 4) is 0 Å². The van der Waals surface area contributed by atoms with E-state index in [4.69, 9.17) is 0 Å². The van der Waals surface area contributed by atoms with E-state index in [0.29, 0.717) is 30.0 Å². The molecule has 0 aliphatic carbocycles. The summed E-state index contributed by atoms with van der Waals surface area (Å²) in [6, 6.07) is 6.58. The Bertz CT molecular complexity index is 662. The van der Waals surface area contributed by atoms with Gasteiger partial charge < -0.3 is 15.5 Å². The minimum atomic E-state index is 0. The van der Waals surface area contributed by atoms with Crippen molar-refractivity contribution in [3.05, 3.63) is 29.3 Å². The molecule has 2 saturated heterocycles. The summed E-state index contributed by atoms with van der Waals surface area (Å²) in [5.74, 6) is 0.442. The second-order valence-electron chi connectivity index (χ2n) is 7.85. The summed E-state index contributed by atoms with van der Waals surface area (Å²) >= 11 is 0. The van der Waals surface area contributed by atoms with Gasteiger partial charge in [-0.3, -0.25) is 9.59 Å². The lowest BCUT2D eigenvalue weighted by Gasteiger charge is -2.24. The minimum Gasteiger partial charge on any atom is -0.337 e. The van der Waals surface area contributed by atoms with E-state index in [1.807, 2.05) is 43.9 Å². The highest BCUT2D eigenvalue weighted by atomic mass is 35.5. The summed E-state index contributed by atoms with van der Waals surface area (Å²) < 4.78 is 0. The summed E-state index contributed by atoms with van der Waals surface area (Å²) in [6.45, 7) is 7.60. The van der Waals surface area contributed by atoms with Gasteiger partial charge in [0.2, 0.25) is 5.91 Å². The van der Waals surface area contributed by atoms with Crippen LogP contribution in [0.25, 0.3) is 0 Å². The minimum absolute atomic E-state index is 0. The summed E-state index contributed by atoms with van der Waals surface area (Å²) in [5.41, 5.74) is 2.42. The van der Waals surface area contributed by atoms with Gasteiger partial charge in [0.05, 0.1) is 0 Å². The third kappa shape index (κ3) is 4.98. The molecule has 26 heavy (non-hydrogen) atoms. The summed E-state index contributed by atoms with van der Waals surface area (Å²) in [6.07, 6.45) is 3.93. The van der Waals surface area contributed by atoms with Crippen LogP contribution in [0.15, 0.2) is 18.2 Å². The Morgan fingerprint density at radius 2 is 1.96 bits per heavy atom. The molecule has 2 aliphatic heterocycles. The number of hydrogen-bond donors (Lipinski definition) is 2. The number of fused-ring (bicyclic) bond motifs is 2. The molecule has 0 spiro atoms. The van der Waals surface area contributed by atoms with Gasteiger partial charge in [0, 0.05) is 42.8 Å². The second kappa shape index (κ2) is 8.87. The monoisotopic (exact) mass is 379 g/mol. The van der Waals surface area contributed by atoms with Crippen molar-refractivity contribution in [3.63, 3.8) is 0 Å². The second-order valence-corrected chi connectivity index (χ2v) is 7.85. The van der Waals surface area contributed by atoms with E-state index in [0.717, 1.165) is 37.2 Å². The predicted molar refractivity (Wildman–Crippen MR) is 107 cm³/mol. The lowest BCUT2D eigenvalue weighted by Crippen LogP contribution is -2.39. The molecule has 2 N–H and O–H groups in total. The first kappa shape index (κ1) is 20.7. The molecule has 2 atom stereocenters. The van der Waals surface area contributed by atoms with Gasteiger partial charge in [-0.2, -0.15) is 0 Å². The van der Waals surface area contributed by atoms with Crippen molar-refractivity contribution in [2.45, 2.75) is 58.5 Å². The quantitative estimate of drug-likeness (QED) is 0.843. The molecule has 0 saturated carbocycles. The maximum atomic E-state index is 12.9. The number of hydrogen-bond acceptors (Lipinski definition) is 3. The zero-order chi connectivity index (χ0) is 18.0. The van der Waals surface area contributed by atoms with Crippen molar-refractivity contribution in [2.24, 2.45) is 5.92 Å². The Balaban J connectivity index is 0.00000243. The van der Waals surface area contributed by atoms with Crippen LogP contribution in [-0.4, -0.2) is 41.9 Å². The van der Waals surface area contributed by atoms with Crippen molar-refractivity contribution >= 4 is 29.9 Å². The molecule has 144 valence electrons.